The first-order valence-electron chi connectivity index (χ1n) is 3.93. The van der Waals surface area contributed by atoms with E-state index in [1.165, 1.54) is 6.07 Å². The van der Waals surface area contributed by atoms with Crippen LogP contribution in [0.1, 0.15) is 11.3 Å². The van der Waals surface area contributed by atoms with E-state index in [4.69, 9.17) is 16.1 Å². The third kappa shape index (κ3) is 2.74. The summed E-state index contributed by atoms with van der Waals surface area (Å²) in [4.78, 5) is 3.44. The smallest absolute Gasteiger partial charge is 0.402 e. The van der Waals surface area contributed by atoms with Gasteiger partial charge in [0.1, 0.15) is 23.1 Å². The van der Waals surface area contributed by atoms with Crippen LogP contribution >= 0.6 is 0 Å². The van der Waals surface area contributed by atoms with Crippen LogP contribution in [-0.4, -0.2) is 16.5 Å². The molecule has 0 fully saturated rings. The highest BCUT2D eigenvalue weighted by molar-refractivity contribution is 5.51. The summed E-state index contributed by atoms with van der Waals surface area (Å²) in [6, 6.07) is 2.41. The Bertz CT molecular complexity index is 439. The molecule has 0 atom stereocenters. The quantitative estimate of drug-likeness (QED) is 0.792. The van der Waals surface area contributed by atoms with Gasteiger partial charge in [-0.15, -0.1) is 13.2 Å². The minimum absolute atomic E-state index is 0.171. The van der Waals surface area contributed by atoms with Crippen molar-refractivity contribution in [1.29, 1.82) is 5.26 Å². The number of alkyl halides is 3. The lowest BCUT2D eigenvalue weighted by Crippen LogP contribution is -2.19. The molecule has 1 aromatic heterocycles. The molecule has 0 amide bonds. The summed E-state index contributed by atoms with van der Waals surface area (Å²) in [7, 11) is 0. The van der Waals surface area contributed by atoms with Gasteiger partial charge in [0.2, 0.25) is 0 Å². The van der Waals surface area contributed by atoms with Crippen LogP contribution in [0, 0.1) is 11.3 Å². The van der Waals surface area contributed by atoms with E-state index in [9.17, 15) is 13.2 Å². The van der Waals surface area contributed by atoms with Gasteiger partial charge in [-0.2, -0.15) is 5.26 Å². The number of rotatable bonds is 2. The first-order chi connectivity index (χ1) is 7.37. The molecule has 16 heavy (non-hydrogen) atoms. The maximum absolute atomic E-state index is 12.0. The molecule has 3 N–H and O–H groups in total. The average molecular weight is 233 g/mol. The van der Waals surface area contributed by atoms with E-state index in [1.54, 1.807) is 0 Å². The van der Waals surface area contributed by atoms with Crippen molar-refractivity contribution in [3.63, 3.8) is 0 Å². The molecule has 1 rings (SSSR count). The lowest BCUT2D eigenvalue weighted by atomic mass is 10.2. The molecule has 0 aliphatic rings. The Morgan fingerprint density at radius 3 is 2.62 bits per heavy atom. The maximum Gasteiger partial charge on any atom is 0.573 e. The number of nitrogen functional groups attached to an aromatic ring is 1. The van der Waals surface area contributed by atoms with Gasteiger partial charge < -0.3 is 15.6 Å². The van der Waals surface area contributed by atoms with Crippen molar-refractivity contribution in [2.24, 2.45) is 0 Å². The molecule has 0 aliphatic carbocycles. The van der Waals surface area contributed by atoms with Crippen molar-refractivity contribution < 1.29 is 23.0 Å². The Morgan fingerprint density at radius 2 is 2.19 bits per heavy atom. The van der Waals surface area contributed by atoms with E-state index in [-0.39, 0.29) is 5.82 Å². The minimum Gasteiger partial charge on any atom is -0.402 e. The van der Waals surface area contributed by atoms with E-state index in [2.05, 4.69) is 9.72 Å². The zero-order chi connectivity index (χ0) is 12.3. The molecule has 0 aromatic carbocycles. The Balaban J connectivity index is 3.29. The average Bonchev–Trinajstić information content (AvgIpc) is 2.18. The van der Waals surface area contributed by atoms with Gasteiger partial charge in [0.05, 0.1) is 6.61 Å². The number of anilines is 1. The third-order valence-electron chi connectivity index (χ3n) is 1.55. The van der Waals surface area contributed by atoms with Gasteiger partial charge in [-0.25, -0.2) is 4.98 Å². The van der Waals surface area contributed by atoms with E-state index >= 15 is 0 Å². The molecule has 0 saturated heterocycles. The fourth-order valence-electron chi connectivity index (χ4n) is 1.03. The molecule has 1 heterocycles. The lowest BCUT2D eigenvalue weighted by molar-refractivity contribution is -0.275. The van der Waals surface area contributed by atoms with Crippen molar-refractivity contribution in [2.45, 2.75) is 13.0 Å². The molecule has 8 heteroatoms. The normalized spacial score (nSPS) is 10.9. The minimum atomic E-state index is -4.96. The van der Waals surface area contributed by atoms with Gasteiger partial charge in [0.25, 0.3) is 0 Å². The van der Waals surface area contributed by atoms with Crippen LogP contribution in [0.15, 0.2) is 6.07 Å². The fourth-order valence-corrected chi connectivity index (χ4v) is 1.03. The molecular weight excluding hydrogens is 227 g/mol. The fraction of sp³-hybridized carbons (Fsp3) is 0.250. The van der Waals surface area contributed by atoms with Gasteiger partial charge in [-0.1, -0.05) is 0 Å². The zero-order valence-corrected chi connectivity index (χ0v) is 7.75. The van der Waals surface area contributed by atoms with E-state index in [0.717, 1.165) is 6.07 Å². The Labute approximate surface area is 87.9 Å². The molecule has 0 saturated carbocycles. The summed E-state index contributed by atoms with van der Waals surface area (Å²) in [5.74, 6) is -0.998. The summed E-state index contributed by atoms with van der Waals surface area (Å²) in [6.07, 6.45) is -4.96. The molecular formula is C8H6F3N3O2. The number of hydrogen-bond acceptors (Lipinski definition) is 5. The first kappa shape index (κ1) is 12.1. The van der Waals surface area contributed by atoms with Crippen molar-refractivity contribution in [3.8, 4) is 11.8 Å². The predicted octanol–water partition coefficient (Wildman–Crippen LogP) is 0.926. The topological polar surface area (TPSA) is 92.2 Å². The highest BCUT2D eigenvalue weighted by Crippen LogP contribution is 2.29. The van der Waals surface area contributed by atoms with Crippen LogP contribution in [0.3, 0.4) is 0 Å². The summed E-state index contributed by atoms with van der Waals surface area (Å²) < 4.78 is 39.6. The van der Waals surface area contributed by atoms with E-state index in [0.29, 0.717) is 0 Å². The molecule has 0 bridgehead atoms. The maximum atomic E-state index is 12.0. The van der Waals surface area contributed by atoms with Gasteiger partial charge in [-0.3, -0.25) is 0 Å². The first-order valence-corrected chi connectivity index (χ1v) is 3.93. The second kappa shape index (κ2) is 4.24. The molecule has 0 unspecified atom stereocenters. The van der Waals surface area contributed by atoms with E-state index in [1.807, 2.05) is 0 Å². The number of aliphatic hydroxyl groups is 1. The SMILES string of the molecule is N#Cc1cc(N)nc(CO)c1OC(F)(F)F. The number of ether oxygens (including phenoxy) is 1. The number of nitrogens with zero attached hydrogens (tertiary/aromatic N) is 2. The number of nitrogens with two attached hydrogens (primary N) is 1. The van der Waals surface area contributed by atoms with Gasteiger partial charge in [0.15, 0.2) is 5.75 Å². The standard InChI is InChI=1S/C8H6F3N3O2/c9-8(10,11)16-7-4(2-12)1-6(13)14-5(7)3-15/h1,15H,3H2,(H2,13,14). The van der Waals surface area contributed by atoms with Crippen LogP contribution in [-0.2, 0) is 6.61 Å². The molecule has 0 aliphatic heterocycles. The highest BCUT2D eigenvalue weighted by Gasteiger charge is 2.33. The molecule has 0 spiro atoms. The predicted molar refractivity (Wildman–Crippen MR) is 46.0 cm³/mol. The number of nitriles is 1. The Morgan fingerprint density at radius 1 is 1.56 bits per heavy atom. The van der Waals surface area contributed by atoms with Crippen LogP contribution in [0.2, 0.25) is 0 Å². The number of pyridine rings is 1. The van der Waals surface area contributed by atoms with Crippen LogP contribution in [0.5, 0.6) is 5.75 Å². The number of halogens is 3. The summed E-state index contributed by atoms with van der Waals surface area (Å²) in [6.45, 7) is -0.814. The second-order valence-electron chi connectivity index (χ2n) is 2.69. The number of hydrogen-bond donors (Lipinski definition) is 2. The summed E-state index contributed by atoms with van der Waals surface area (Å²) in [5, 5.41) is 17.4. The molecule has 1 aromatic rings. The zero-order valence-electron chi connectivity index (χ0n) is 7.75. The Kier molecular flexibility index (Phi) is 3.20. The van der Waals surface area contributed by atoms with Crippen LogP contribution in [0.4, 0.5) is 19.0 Å². The van der Waals surface area contributed by atoms with Crippen LogP contribution in [0.25, 0.3) is 0 Å². The van der Waals surface area contributed by atoms with Crippen molar-refractivity contribution in [3.05, 3.63) is 17.3 Å². The highest BCUT2D eigenvalue weighted by atomic mass is 19.4. The Hall–Kier alpha value is -2.01. The van der Waals surface area contributed by atoms with Crippen molar-refractivity contribution in [2.75, 3.05) is 5.73 Å². The molecule has 5 nitrogen and oxygen atoms in total. The van der Waals surface area contributed by atoms with Gasteiger partial charge >= 0.3 is 6.36 Å². The third-order valence-corrected chi connectivity index (χ3v) is 1.55. The van der Waals surface area contributed by atoms with E-state index < -0.39 is 30.0 Å². The van der Waals surface area contributed by atoms with Crippen LogP contribution < -0.4 is 10.5 Å². The molecule has 86 valence electrons. The number of aliphatic hydroxyl groups excluding tert-OH is 1. The van der Waals surface area contributed by atoms with Crippen molar-refractivity contribution >= 4 is 5.82 Å². The van der Waals surface area contributed by atoms with Crippen molar-refractivity contribution in [1.82, 2.24) is 4.98 Å². The van der Waals surface area contributed by atoms with Gasteiger partial charge in [-0.05, 0) is 0 Å². The van der Waals surface area contributed by atoms with Gasteiger partial charge in [0, 0.05) is 6.07 Å². The lowest BCUT2D eigenvalue weighted by Gasteiger charge is -2.13. The monoisotopic (exact) mass is 233 g/mol. The summed E-state index contributed by atoms with van der Waals surface area (Å²) >= 11 is 0. The molecule has 0 radical (unpaired) electrons. The number of aromatic nitrogens is 1. The largest absolute Gasteiger partial charge is 0.573 e. The second-order valence-corrected chi connectivity index (χ2v) is 2.69. The summed E-state index contributed by atoms with van der Waals surface area (Å²) in [5.41, 5.74) is 4.36.